The number of β-lactam (4-membered cyclic amide) rings is 1. The number of nitrogens with one attached hydrogen (secondary N) is 1. The maximum Gasteiger partial charge on any atom is 0.535 e. The van der Waals surface area contributed by atoms with E-state index in [9.17, 15) is 23.6 Å². The number of thiazole rings is 1. The molecule has 2 amide bonds. The number of hydrogen-bond donors (Lipinski definition) is 2. The molecule has 38 heavy (non-hydrogen) atoms. The number of carbonyl (C=O) groups excluding carboxylic acids is 4. The van der Waals surface area contributed by atoms with E-state index in [0.717, 1.165) is 11.3 Å². The Morgan fingerprint density at radius 3 is 2.84 bits per heavy atom. The number of nitrogen functional groups attached to an aromatic ring is 1. The van der Waals surface area contributed by atoms with E-state index in [-0.39, 0.29) is 53.2 Å². The Balaban J connectivity index is 1.50. The second-order valence-electron chi connectivity index (χ2n) is 7.54. The number of thioether (sulfide) groups is 1. The molecule has 3 heterocycles. The van der Waals surface area contributed by atoms with E-state index in [4.69, 9.17) is 15.3 Å². The zero-order valence-corrected chi connectivity index (χ0v) is 21.3. The van der Waals surface area contributed by atoms with E-state index in [1.165, 1.54) is 40.2 Å². The van der Waals surface area contributed by atoms with Crippen molar-refractivity contribution in [2.45, 2.75) is 18.7 Å². The third kappa shape index (κ3) is 6.20. The maximum atomic E-state index is 13.5. The van der Waals surface area contributed by atoms with Crippen LogP contribution in [0.2, 0.25) is 0 Å². The van der Waals surface area contributed by atoms with Crippen LogP contribution in [0.3, 0.4) is 0 Å². The first-order valence-corrected chi connectivity index (χ1v) is 12.9. The van der Waals surface area contributed by atoms with Crippen LogP contribution in [0.25, 0.3) is 0 Å². The minimum atomic E-state index is -1.17. The topological polar surface area (TPSA) is 172 Å². The molecule has 200 valence electrons. The number of hydrogen-bond acceptors (Lipinski definition) is 13. The number of nitrogens with zero attached hydrogens (tertiary/aromatic N) is 3. The van der Waals surface area contributed by atoms with Gasteiger partial charge in [-0.3, -0.25) is 19.3 Å². The summed E-state index contributed by atoms with van der Waals surface area (Å²) in [5.41, 5.74) is 7.25. The van der Waals surface area contributed by atoms with E-state index < -0.39 is 29.6 Å². The third-order valence-electron chi connectivity index (χ3n) is 5.02. The monoisotopic (exact) mass is 565 g/mol. The Kier molecular flexibility index (Phi) is 8.42. The van der Waals surface area contributed by atoms with Crippen molar-refractivity contribution in [1.82, 2.24) is 15.4 Å². The Bertz CT molecular complexity index is 1330. The fourth-order valence-electron chi connectivity index (χ4n) is 3.32. The summed E-state index contributed by atoms with van der Waals surface area (Å²) < 4.78 is 23.7. The third-order valence-corrected chi connectivity index (χ3v) is 6.98. The number of benzene rings is 1. The van der Waals surface area contributed by atoms with Gasteiger partial charge < -0.3 is 20.0 Å². The fraction of sp³-hybridized carbons (Fsp3) is 0.273. The highest BCUT2D eigenvalue weighted by Crippen LogP contribution is 2.40. The molecule has 2 aliphatic heterocycles. The van der Waals surface area contributed by atoms with Gasteiger partial charge >= 0.3 is 18.0 Å². The second kappa shape index (κ2) is 11.9. The second-order valence-corrected chi connectivity index (χ2v) is 9.59. The first-order chi connectivity index (χ1) is 18.3. The molecule has 1 atom stereocenters. The number of fused-ring (bicyclic) bond motifs is 1. The molecule has 0 spiro atoms. The normalized spacial score (nSPS) is 16.8. The lowest BCUT2D eigenvalue weighted by atomic mass is 10.1. The predicted molar refractivity (Wildman–Crippen MR) is 132 cm³/mol. The van der Waals surface area contributed by atoms with Gasteiger partial charge in [-0.25, -0.2) is 19.0 Å². The first kappa shape index (κ1) is 26.9. The number of carbonyl (C=O) groups is 4. The van der Waals surface area contributed by atoms with Gasteiger partial charge in [-0.2, -0.15) is 5.48 Å². The Hall–Kier alpha value is -4.18. The number of halogens is 1. The molecule has 1 aromatic heterocycles. The van der Waals surface area contributed by atoms with Crippen LogP contribution in [-0.4, -0.2) is 63.9 Å². The molecular weight excluding hydrogens is 545 g/mol. The molecule has 4 rings (SSSR count). The molecule has 16 heteroatoms. The summed E-state index contributed by atoms with van der Waals surface area (Å²) >= 11 is 2.42. The average Bonchev–Trinajstić information content (AvgIpc) is 3.31. The molecule has 0 radical (unpaired) electrons. The van der Waals surface area contributed by atoms with Gasteiger partial charge in [0.05, 0.1) is 18.4 Å². The van der Waals surface area contributed by atoms with E-state index >= 15 is 0 Å². The SMILES string of the molecule is CCOC(=O)ON=C(C(=O)NOC(=O)C1=C(COc2cccc(F)c2)CS[C@H]2CC(=O)N12)c1csc(N)n1. The van der Waals surface area contributed by atoms with E-state index in [0.29, 0.717) is 11.3 Å². The van der Waals surface area contributed by atoms with Crippen molar-refractivity contribution in [3.8, 4) is 5.75 Å². The predicted octanol–water partition coefficient (Wildman–Crippen LogP) is 1.95. The van der Waals surface area contributed by atoms with Crippen LogP contribution in [0.4, 0.5) is 14.3 Å². The molecular formula is C22H20FN5O8S2. The molecule has 13 nitrogen and oxygen atoms in total. The number of anilines is 1. The number of hydroxylamine groups is 1. The van der Waals surface area contributed by atoms with Crippen LogP contribution < -0.4 is 16.0 Å². The van der Waals surface area contributed by atoms with Crippen molar-refractivity contribution in [3.63, 3.8) is 0 Å². The molecule has 0 aliphatic carbocycles. The number of ether oxygens (including phenoxy) is 2. The highest BCUT2D eigenvalue weighted by molar-refractivity contribution is 8.00. The minimum Gasteiger partial charge on any atom is -0.489 e. The van der Waals surface area contributed by atoms with Gasteiger partial charge in [-0.1, -0.05) is 11.2 Å². The summed E-state index contributed by atoms with van der Waals surface area (Å²) in [7, 11) is 0. The Morgan fingerprint density at radius 2 is 2.16 bits per heavy atom. The fourth-order valence-corrected chi connectivity index (χ4v) is 5.12. The zero-order valence-electron chi connectivity index (χ0n) is 19.7. The van der Waals surface area contributed by atoms with Crippen LogP contribution in [0.1, 0.15) is 19.0 Å². The standard InChI is InChI=1S/C22H20FN5O8S2/c1-2-33-22(32)36-26-17(14-10-38-21(24)25-14)19(30)27-35-20(31)18-11(9-37-16-7-15(29)28(16)18)8-34-13-5-3-4-12(23)6-13/h3-6,10,16H,2,7-9H2,1H3,(H2,24,25)(H,27,30)/t16-/m0/s1. The molecule has 3 N–H and O–H groups in total. The van der Waals surface area contributed by atoms with E-state index in [1.807, 2.05) is 5.48 Å². The molecule has 0 bridgehead atoms. The van der Waals surface area contributed by atoms with Crippen molar-refractivity contribution < 1.29 is 42.7 Å². The lowest BCUT2D eigenvalue weighted by molar-refractivity contribution is -0.157. The van der Waals surface area contributed by atoms with Crippen LogP contribution in [-0.2, 0) is 28.8 Å². The van der Waals surface area contributed by atoms with Crippen molar-refractivity contribution in [2.24, 2.45) is 5.16 Å². The summed E-state index contributed by atoms with van der Waals surface area (Å²) in [6, 6.07) is 5.44. The van der Waals surface area contributed by atoms with Gasteiger partial charge in [0, 0.05) is 22.8 Å². The number of nitrogens with two attached hydrogens (primary N) is 1. The van der Waals surface area contributed by atoms with Gasteiger partial charge in [0.2, 0.25) is 5.91 Å². The van der Waals surface area contributed by atoms with Crippen molar-refractivity contribution in [2.75, 3.05) is 24.7 Å². The van der Waals surface area contributed by atoms with Crippen molar-refractivity contribution >= 4 is 57.9 Å². The Morgan fingerprint density at radius 1 is 1.34 bits per heavy atom. The van der Waals surface area contributed by atoms with Crippen LogP contribution in [0, 0.1) is 5.82 Å². The maximum absolute atomic E-state index is 13.5. The smallest absolute Gasteiger partial charge is 0.489 e. The highest BCUT2D eigenvalue weighted by Gasteiger charge is 2.46. The highest BCUT2D eigenvalue weighted by atomic mass is 32.2. The number of amides is 2. The molecule has 1 aromatic carbocycles. The first-order valence-electron chi connectivity index (χ1n) is 11.0. The number of aromatic nitrogens is 1. The van der Waals surface area contributed by atoms with Gasteiger partial charge in [0.1, 0.15) is 29.6 Å². The lowest BCUT2D eigenvalue weighted by Gasteiger charge is -2.44. The molecule has 1 fully saturated rings. The molecule has 0 unspecified atom stereocenters. The number of rotatable bonds is 8. The molecule has 2 aliphatic rings. The zero-order chi connectivity index (χ0) is 27.2. The lowest BCUT2D eigenvalue weighted by Crippen LogP contribution is -2.55. The molecule has 2 aromatic rings. The van der Waals surface area contributed by atoms with Crippen LogP contribution in [0.5, 0.6) is 5.75 Å². The van der Waals surface area contributed by atoms with Gasteiger partial charge in [0.25, 0.3) is 0 Å². The van der Waals surface area contributed by atoms with Crippen molar-refractivity contribution in [1.29, 1.82) is 0 Å². The summed E-state index contributed by atoms with van der Waals surface area (Å²) in [6.07, 6.45) is -0.938. The summed E-state index contributed by atoms with van der Waals surface area (Å²) in [6.45, 7) is 1.41. The van der Waals surface area contributed by atoms with Crippen LogP contribution >= 0.6 is 23.1 Å². The quantitative estimate of drug-likeness (QED) is 0.158. The summed E-state index contributed by atoms with van der Waals surface area (Å²) in [4.78, 5) is 64.3. The van der Waals surface area contributed by atoms with Gasteiger partial charge in [-0.05, 0) is 19.1 Å². The van der Waals surface area contributed by atoms with Gasteiger partial charge in [0.15, 0.2) is 10.8 Å². The van der Waals surface area contributed by atoms with E-state index in [1.54, 1.807) is 13.0 Å². The van der Waals surface area contributed by atoms with Crippen LogP contribution in [0.15, 0.2) is 46.1 Å². The Labute approximate surface area is 222 Å². The summed E-state index contributed by atoms with van der Waals surface area (Å²) in [5.74, 6) is -2.39. The largest absolute Gasteiger partial charge is 0.535 e. The number of oxime groups is 1. The average molecular weight is 566 g/mol. The minimum absolute atomic E-state index is 0.00597. The van der Waals surface area contributed by atoms with Crippen molar-refractivity contribution in [3.05, 3.63) is 52.4 Å². The molecule has 1 saturated heterocycles. The van der Waals surface area contributed by atoms with E-state index in [2.05, 4.69) is 19.7 Å². The molecule has 0 saturated carbocycles. The summed E-state index contributed by atoms with van der Waals surface area (Å²) in [5, 5.41) is 4.65. The van der Waals surface area contributed by atoms with Gasteiger partial charge in [-0.15, -0.1) is 23.1 Å².